The van der Waals surface area contributed by atoms with Gasteiger partial charge in [-0.1, -0.05) is 58.0 Å². The van der Waals surface area contributed by atoms with E-state index in [9.17, 15) is 0 Å². The second-order valence-corrected chi connectivity index (χ2v) is 4.62. The number of rotatable bonds is 4. The summed E-state index contributed by atoms with van der Waals surface area (Å²) < 4.78 is 0. The molecule has 0 bridgehead atoms. The van der Waals surface area contributed by atoms with E-state index in [1.54, 1.807) is 5.92 Å². The van der Waals surface area contributed by atoms with Crippen LogP contribution in [0.5, 0.6) is 0 Å². The van der Waals surface area contributed by atoms with Gasteiger partial charge in [0.05, 0.1) is 0 Å². The van der Waals surface area contributed by atoms with Crippen LogP contribution >= 0.6 is 0 Å². The molecule has 0 aliphatic heterocycles. The zero-order valence-corrected chi connectivity index (χ0v) is 9.75. The van der Waals surface area contributed by atoms with Crippen LogP contribution in [0.25, 0.3) is 0 Å². The molecular formula is C14H21. The largest absolute Gasteiger partial charge is 0.0625 e. The van der Waals surface area contributed by atoms with E-state index in [0.717, 1.165) is 11.8 Å². The quantitative estimate of drug-likeness (QED) is 0.668. The highest BCUT2D eigenvalue weighted by molar-refractivity contribution is 5.16. The van der Waals surface area contributed by atoms with Crippen molar-refractivity contribution >= 4 is 0 Å². The summed E-state index contributed by atoms with van der Waals surface area (Å²) in [6.45, 7) is 9.10. The lowest BCUT2D eigenvalue weighted by Gasteiger charge is -2.24. The molecule has 0 aliphatic rings. The molecule has 0 saturated heterocycles. The Balaban J connectivity index is 2.65. The first-order chi connectivity index (χ1) is 6.61. The SMILES string of the molecule is C[C](C)C(Cc1ccccc1)C(C)C. The van der Waals surface area contributed by atoms with Crippen LogP contribution in [-0.2, 0) is 6.42 Å². The van der Waals surface area contributed by atoms with E-state index in [2.05, 4.69) is 58.0 Å². The highest BCUT2D eigenvalue weighted by atomic mass is 14.2. The Labute approximate surface area is 88.4 Å². The molecule has 0 fully saturated rings. The van der Waals surface area contributed by atoms with Crippen LogP contribution in [-0.4, -0.2) is 0 Å². The minimum atomic E-state index is 0.720. The summed E-state index contributed by atoms with van der Waals surface area (Å²) >= 11 is 0. The fourth-order valence-corrected chi connectivity index (χ4v) is 1.97. The van der Waals surface area contributed by atoms with E-state index < -0.39 is 0 Å². The first-order valence-electron chi connectivity index (χ1n) is 5.45. The minimum Gasteiger partial charge on any atom is -0.0625 e. The second kappa shape index (κ2) is 5.19. The molecule has 1 unspecified atom stereocenters. The first-order valence-corrected chi connectivity index (χ1v) is 5.45. The van der Waals surface area contributed by atoms with Crippen molar-refractivity contribution in [3.8, 4) is 0 Å². The van der Waals surface area contributed by atoms with Crippen molar-refractivity contribution in [2.45, 2.75) is 34.1 Å². The standard InChI is InChI=1S/C14H21/c1-11(2)14(12(3)4)10-13-8-6-5-7-9-13/h5-9,11,14H,10H2,1-4H3. The summed E-state index contributed by atoms with van der Waals surface area (Å²) in [7, 11) is 0. The van der Waals surface area contributed by atoms with Gasteiger partial charge >= 0.3 is 0 Å². The van der Waals surface area contributed by atoms with Gasteiger partial charge in [-0.15, -0.1) is 0 Å². The molecule has 0 N–H and O–H groups in total. The maximum absolute atomic E-state index is 2.31. The summed E-state index contributed by atoms with van der Waals surface area (Å²) in [5, 5.41) is 0. The molecule has 0 saturated carbocycles. The Bertz CT molecular complexity index is 238. The normalized spacial score (nSPS) is 11.6. The molecule has 0 aliphatic carbocycles. The van der Waals surface area contributed by atoms with Crippen LogP contribution in [0.2, 0.25) is 0 Å². The lowest BCUT2D eigenvalue weighted by atomic mass is 9.81. The summed E-state index contributed by atoms with van der Waals surface area (Å²) in [6, 6.07) is 10.8. The van der Waals surface area contributed by atoms with Gasteiger partial charge in [0.25, 0.3) is 0 Å². The molecule has 0 heteroatoms. The highest BCUT2D eigenvalue weighted by Gasteiger charge is 2.17. The van der Waals surface area contributed by atoms with Gasteiger partial charge in [0.15, 0.2) is 0 Å². The van der Waals surface area contributed by atoms with Crippen molar-refractivity contribution in [2.24, 2.45) is 11.8 Å². The van der Waals surface area contributed by atoms with E-state index in [4.69, 9.17) is 0 Å². The van der Waals surface area contributed by atoms with Crippen LogP contribution in [0.1, 0.15) is 33.3 Å². The van der Waals surface area contributed by atoms with Gasteiger partial charge in [0, 0.05) is 0 Å². The monoisotopic (exact) mass is 189 g/mol. The predicted octanol–water partition coefficient (Wildman–Crippen LogP) is 4.12. The molecule has 0 spiro atoms. The van der Waals surface area contributed by atoms with E-state index in [1.807, 2.05) is 0 Å². The molecule has 0 nitrogen and oxygen atoms in total. The number of benzene rings is 1. The second-order valence-electron chi connectivity index (χ2n) is 4.62. The Kier molecular flexibility index (Phi) is 4.19. The number of hydrogen-bond acceptors (Lipinski definition) is 0. The summed E-state index contributed by atoms with van der Waals surface area (Å²) in [5.74, 6) is 3.00. The van der Waals surface area contributed by atoms with Crippen molar-refractivity contribution in [2.75, 3.05) is 0 Å². The lowest BCUT2D eigenvalue weighted by Crippen LogP contribution is -2.16. The molecule has 1 radical (unpaired) electrons. The average Bonchev–Trinajstić information content (AvgIpc) is 2.15. The molecule has 77 valence electrons. The molecule has 0 heterocycles. The van der Waals surface area contributed by atoms with Gasteiger partial charge in [-0.3, -0.25) is 0 Å². The average molecular weight is 189 g/mol. The maximum atomic E-state index is 2.31. The maximum Gasteiger partial charge on any atom is -0.0243 e. The van der Waals surface area contributed by atoms with Crippen LogP contribution in [0.15, 0.2) is 30.3 Å². The van der Waals surface area contributed by atoms with Crippen molar-refractivity contribution < 1.29 is 0 Å². The van der Waals surface area contributed by atoms with Gasteiger partial charge in [-0.05, 0) is 29.7 Å². The van der Waals surface area contributed by atoms with Crippen molar-refractivity contribution in [1.82, 2.24) is 0 Å². The fraction of sp³-hybridized carbons (Fsp3) is 0.500. The third kappa shape index (κ3) is 3.17. The highest BCUT2D eigenvalue weighted by Crippen LogP contribution is 2.26. The third-order valence-corrected chi connectivity index (χ3v) is 2.84. The van der Waals surface area contributed by atoms with E-state index in [-0.39, 0.29) is 0 Å². The van der Waals surface area contributed by atoms with E-state index >= 15 is 0 Å². The Morgan fingerprint density at radius 2 is 1.64 bits per heavy atom. The molecule has 0 aromatic heterocycles. The smallest absolute Gasteiger partial charge is 0.0243 e. The van der Waals surface area contributed by atoms with Crippen molar-refractivity contribution in [1.29, 1.82) is 0 Å². The molecule has 1 rings (SSSR count). The third-order valence-electron chi connectivity index (χ3n) is 2.84. The topological polar surface area (TPSA) is 0 Å². The van der Waals surface area contributed by atoms with Crippen LogP contribution in [0, 0.1) is 17.8 Å². The van der Waals surface area contributed by atoms with Gasteiger partial charge in [0.2, 0.25) is 0 Å². The molecule has 0 amide bonds. The number of hydrogen-bond donors (Lipinski definition) is 0. The zero-order valence-electron chi connectivity index (χ0n) is 9.75. The molecule has 1 atom stereocenters. The van der Waals surface area contributed by atoms with Crippen LogP contribution < -0.4 is 0 Å². The molecule has 1 aromatic carbocycles. The minimum absolute atomic E-state index is 0.720. The van der Waals surface area contributed by atoms with Gasteiger partial charge < -0.3 is 0 Å². The van der Waals surface area contributed by atoms with Gasteiger partial charge in [-0.2, -0.15) is 0 Å². The first kappa shape index (κ1) is 11.3. The van der Waals surface area contributed by atoms with Crippen LogP contribution in [0.3, 0.4) is 0 Å². The summed E-state index contributed by atoms with van der Waals surface area (Å²) in [6.07, 6.45) is 1.18. The summed E-state index contributed by atoms with van der Waals surface area (Å²) in [4.78, 5) is 0. The molecule has 14 heavy (non-hydrogen) atoms. The Morgan fingerprint density at radius 1 is 1.07 bits per heavy atom. The lowest BCUT2D eigenvalue weighted by molar-refractivity contribution is 0.399. The summed E-state index contributed by atoms with van der Waals surface area (Å²) in [5.41, 5.74) is 1.45. The Hall–Kier alpha value is -0.780. The van der Waals surface area contributed by atoms with Crippen molar-refractivity contribution in [3.63, 3.8) is 0 Å². The zero-order chi connectivity index (χ0) is 10.6. The van der Waals surface area contributed by atoms with Gasteiger partial charge in [0.1, 0.15) is 0 Å². The Morgan fingerprint density at radius 3 is 2.07 bits per heavy atom. The van der Waals surface area contributed by atoms with E-state index in [0.29, 0.717) is 0 Å². The van der Waals surface area contributed by atoms with Gasteiger partial charge in [-0.25, -0.2) is 0 Å². The van der Waals surface area contributed by atoms with Crippen LogP contribution in [0.4, 0.5) is 0 Å². The molecular weight excluding hydrogens is 168 g/mol. The predicted molar refractivity (Wildman–Crippen MR) is 63.1 cm³/mol. The van der Waals surface area contributed by atoms with Crippen molar-refractivity contribution in [3.05, 3.63) is 41.8 Å². The van der Waals surface area contributed by atoms with E-state index in [1.165, 1.54) is 12.0 Å². The fourth-order valence-electron chi connectivity index (χ4n) is 1.97. The molecule has 1 aromatic rings.